The van der Waals surface area contributed by atoms with Crippen LogP contribution in [0.1, 0.15) is 21.5 Å². The van der Waals surface area contributed by atoms with Gasteiger partial charge in [-0.05, 0) is 24.3 Å². The second-order valence-electron chi connectivity index (χ2n) is 5.57. The number of alkyl halides is 7. The first-order valence-electron chi connectivity index (χ1n) is 7.82. The summed E-state index contributed by atoms with van der Waals surface area (Å²) in [5.41, 5.74) is -4.62. The number of rotatable bonds is 6. The molecule has 0 aliphatic rings. The predicted molar refractivity (Wildman–Crippen MR) is 90.6 cm³/mol. The molecular formula is C17H10ClF6NO5. The summed E-state index contributed by atoms with van der Waals surface area (Å²) in [6.07, 6.45) is -10.2. The first-order chi connectivity index (χ1) is 13.8. The number of ether oxygens (including phenoxy) is 2. The van der Waals surface area contributed by atoms with Crippen LogP contribution in [0, 0.1) is 10.1 Å². The summed E-state index contributed by atoms with van der Waals surface area (Å²) >= 11 is 5.36. The Hall–Kier alpha value is -3.02. The zero-order valence-corrected chi connectivity index (χ0v) is 15.3. The Kier molecular flexibility index (Phi) is 6.80. The zero-order valence-electron chi connectivity index (χ0n) is 14.5. The molecule has 0 aliphatic carbocycles. The molecule has 0 aliphatic heterocycles. The minimum absolute atomic E-state index is 0.115. The fraction of sp³-hybridized carbons (Fsp3) is 0.235. The number of nitro benzene ring substituents is 1. The summed E-state index contributed by atoms with van der Waals surface area (Å²) in [5, 5.41) is 11.1. The zero-order chi connectivity index (χ0) is 22.7. The van der Waals surface area contributed by atoms with Crippen LogP contribution in [0.5, 0.6) is 11.5 Å². The van der Waals surface area contributed by atoms with Crippen molar-refractivity contribution >= 4 is 23.3 Å². The standard InChI is InChI=1S/C17H10ClF6NO5/c18-5-6-29-15(26)11-8-10(2-3-13(11)25(27)28)30-14-4-1-9(16(19,20)21)7-12(14)17(22,23)24/h1-4,7-8H,5-6H2. The molecule has 0 heterocycles. The number of carbonyl (C=O) groups is 1. The summed E-state index contributed by atoms with van der Waals surface area (Å²) < 4.78 is 87.5. The van der Waals surface area contributed by atoms with Gasteiger partial charge < -0.3 is 9.47 Å². The summed E-state index contributed by atoms with van der Waals surface area (Å²) in [7, 11) is 0. The lowest BCUT2D eigenvalue weighted by atomic mass is 10.1. The highest BCUT2D eigenvalue weighted by Gasteiger charge is 2.39. The van der Waals surface area contributed by atoms with Crippen LogP contribution in [-0.4, -0.2) is 23.4 Å². The van der Waals surface area contributed by atoms with Crippen LogP contribution in [0.2, 0.25) is 0 Å². The summed E-state index contributed by atoms with van der Waals surface area (Å²) in [6, 6.07) is 3.12. The van der Waals surface area contributed by atoms with Crippen molar-refractivity contribution in [2.45, 2.75) is 12.4 Å². The molecule has 0 amide bonds. The van der Waals surface area contributed by atoms with Gasteiger partial charge in [0.15, 0.2) is 0 Å². The van der Waals surface area contributed by atoms with Crippen LogP contribution >= 0.6 is 11.6 Å². The third-order valence-corrected chi connectivity index (χ3v) is 3.69. The van der Waals surface area contributed by atoms with E-state index in [1.165, 1.54) is 0 Å². The van der Waals surface area contributed by atoms with Crippen LogP contribution in [0.25, 0.3) is 0 Å². The first kappa shape index (κ1) is 23.3. The number of carbonyl (C=O) groups excluding carboxylic acids is 1. The Morgan fingerprint density at radius 3 is 2.23 bits per heavy atom. The van der Waals surface area contributed by atoms with Crippen molar-refractivity contribution in [3.63, 3.8) is 0 Å². The molecule has 0 N–H and O–H groups in total. The molecule has 2 aromatic rings. The number of esters is 1. The highest BCUT2D eigenvalue weighted by molar-refractivity contribution is 6.18. The molecule has 2 aromatic carbocycles. The largest absolute Gasteiger partial charge is 0.461 e. The van der Waals surface area contributed by atoms with Gasteiger partial charge in [0.2, 0.25) is 0 Å². The van der Waals surface area contributed by atoms with E-state index >= 15 is 0 Å². The average Bonchev–Trinajstić information content (AvgIpc) is 2.64. The van der Waals surface area contributed by atoms with E-state index in [4.69, 9.17) is 16.3 Å². The van der Waals surface area contributed by atoms with Gasteiger partial charge in [0, 0.05) is 12.1 Å². The van der Waals surface area contributed by atoms with E-state index < -0.39 is 57.1 Å². The van der Waals surface area contributed by atoms with Crippen LogP contribution in [-0.2, 0) is 17.1 Å². The lowest BCUT2D eigenvalue weighted by Crippen LogP contribution is -2.12. The second kappa shape index (κ2) is 8.78. The Morgan fingerprint density at radius 2 is 1.70 bits per heavy atom. The van der Waals surface area contributed by atoms with Crippen LogP contribution < -0.4 is 4.74 Å². The average molecular weight is 458 g/mol. The molecule has 0 unspecified atom stereocenters. The fourth-order valence-electron chi connectivity index (χ4n) is 2.25. The molecule has 30 heavy (non-hydrogen) atoms. The highest BCUT2D eigenvalue weighted by Crippen LogP contribution is 2.42. The molecule has 0 radical (unpaired) electrons. The molecular weight excluding hydrogens is 448 g/mol. The summed E-state index contributed by atoms with van der Waals surface area (Å²) in [5.74, 6) is -2.76. The summed E-state index contributed by atoms with van der Waals surface area (Å²) in [4.78, 5) is 22.1. The minimum atomic E-state index is -5.19. The van der Waals surface area contributed by atoms with Crippen molar-refractivity contribution in [3.05, 3.63) is 63.2 Å². The van der Waals surface area contributed by atoms with E-state index in [1.807, 2.05) is 0 Å². The molecule has 13 heteroatoms. The van der Waals surface area contributed by atoms with Gasteiger partial charge in [0.05, 0.1) is 21.9 Å². The molecule has 2 rings (SSSR count). The maximum absolute atomic E-state index is 13.2. The molecule has 6 nitrogen and oxygen atoms in total. The van der Waals surface area contributed by atoms with Crippen molar-refractivity contribution in [3.8, 4) is 11.5 Å². The Morgan fingerprint density at radius 1 is 1.03 bits per heavy atom. The second-order valence-corrected chi connectivity index (χ2v) is 5.95. The third kappa shape index (κ3) is 5.53. The fourth-order valence-corrected chi connectivity index (χ4v) is 2.33. The van der Waals surface area contributed by atoms with E-state index in [0.717, 1.165) is 18.2 Å². The Bertz CT molecular complexity index is 961. The van der Waals surface area contributed by atoms with Crippen LogP contribution in [0.15, 0.2) is 36.4 Å². The van der Waals surface area contributed by atoms with Crippen molar-refractivity contribution in [2.24, 2.45) is 0 Å². The third-order valence-electron chi connectivity index (χ3n) is 3.54. The Labute approximate surface area is 169 Å². The monoisotopic (exact) mass is 457 g/mol. The van der Waals surface area contributed by atoms with Gasteiger partial charge in [0.25, 0.3) is 5.69 Å². The van der Waals surface area contributed by atoms with Crippen molar-refractivity contribution in [1.29, 1.82) is 0 Å². The van der Waals surface area contributed by atoms with Gasteiger partial charge in [-0.15, -0.1) is 11.6 Å². The van der Waals surface area contributed by atoms with Gasteiger partial charge in [-0.25, -0.2) is 4.79 Å². The van der Waals surface area contributed by atoms with Gasteiger partial charge >= 0.3 is 18.3 Å². The number of halogens is 7. The molecule has 0 bridgehead atoms. The smallest absolute Gasteiger partial charge is 0.420 e. The van der Waals surface area contributed by atoms with E-state index in [9.17, 15) is 41.3 Å². The lowest BCUT2D eigenvalue weighted by molar-refractivity contribution is -0.385. The predicted octanol–water partition coefficient (Wildman–Crippen LogP) is 5.82. The minimum Gasteiger partial charge on any atom is -0.461 e. The molecule has 0 aromatic heterocycles. The molecule has 162 valence electrons. The number of benzene rings is 2. The van der Waals surface area contributed by atoms with Gasteiger partial charge in [-0.2, -0.15) is 26.3 Å². The van der Waals surface area contributed by atoms with Crippen molar-refractivity contribution in [1.82, 2.24) is 0 Å². The number of hydrogen-bond donors (Lipinski definition) is 0. The number of nitro groups is 1. The number of nitrogens with zero attached hydrogens (tertiary/aromatic N) is 1. The van der Waals surface area contributed by atoms with Gasteiger partial charge in [-0.3, -0.25) is 10.1 Å². The van der Waals surface area contributed by atoms with E-state index in [2.05, 4.69) is 4.74 Å². The van der Waals surface area contributed by atoms with E-state index in [0.29, 0.717) is 12.1 Å². The molecule has 0 spiro atoms. The van der Waals surface area contributed by atoms with Gasteiger partial charge in [-0.1, -0.05) is 0 Å². The number of hydrogen-bond acceptors (Lipinski definition) is 5. The van der Waals surface area contributed by atoms with Crippen molar-refractivity contribution < 1.29 is 45.5 Å². The molecule has 0 atom stereocenters. The first-order valence-corrected chi connectivity index (χ1v) is 8.36. The van der Waals surface area contributed by atoms with E-state index in [-0.39, 0.29) is 18.6 Å². The normalized spacial score (nSPS) is 11.8. The molecule has 0 saturated heterocycles. The SMILES string of the molecule is O=C(OCCCl)c1cc(Oc2ccc(C(F)(F)F)cc2C(F)(F)F)ccc1[N+](=O)[O-]. The maximum atomic E-state index is 13.2. The Balaban J connectivity index is 2.49. The van der Waals surface area contributed by atoms with Crippen LogP contribution in [0.4, 0.5) is 32.0 Å². The molecule has 0 fully saturated rings. The van der Waals surface area contributed by atoms with E-state index in [1.54, 1.807) is 0 Å². The van der Waals surface area contributed by atoms with Gasteiger partial charge in [0.1, 0.15) is 23.7 Å². The quantitative estimate of drug-likeness (QED) is 0.179. The topological polar surface area (TPSA) is 78.7 Å². The summed E-state index contributed by atoms with van der Waals surface area (Å²) in [6.45, 7) is -0.292. The highest BCUT2D eigenvalue weighted by atomic mass is 35.5. The van der Waals surface area contributed by atoms with Crippen molar-refractivity contribution in [2.75, 3.05) is 12.5 Å². The molecule has 0 saturated carbocycles. The van der Waals surface area contributed by atoms with Crippen LogP contribution in [0.3, 0.4) is 0 Å². The maximum Gasteiger partial charge on any atom is 0.420 e. The lowest BCUT2D eigenvalue weighted by Gasteiger charge is -2.16.